The highest BCUT2D eigenvalue weighted by molar-refractivity contribution is 6.32. The Balaban J connectivity index is 1.44. The van der Waals surface area contributed by atoms with Crippen LogP contribution in [0.25, 0.3) is 16.7 Å². The maximum absolute atomic E-state index is 13.9. The molecule has 0 radical (unpaired) electrons. The van der Waals surface area contributed by atoms with Crippen LogP contribution in [0, 0.1) is 0 Å². The van der Waals surface area contributed by atoms with Crippen LogP contribution in [0.15, 0.2) is 103 Å². The normalized spacial score (nSPS) is 12.7. The van der Waals surface area contributed by atoms with Crippen LogP contribution in [0.3, 0.4) is 0 Å². The van der Waals surface area contributed by atoms with E-state index in [-0.39, 0.29) is 24.5 Å². The molecule has 6 heteroatoms. The van der Waals surface area contributed by atoms with Crippen LogP contribution in [0.5, 0.6) is 0 Å². The van der Waals surface area contributed by atoms with E-state index < -0.39 is 11.9 Å². The fraction of sp³-hybridized carbons (Fsp3) is 0.167. The monoisotopic (exact) mass is 557 g/mol. The molecule has 42 heavy (non-hydrogen) atoms. The lowest BCUT2D eigenvalue weighted by molar-refractivity contribution is -0.136. The number of amides is 1. The molecule has 0 saturated heterocycles. The maximum atomic E-state index is 13.9. The summed E-state index contributed by atoms with van der Waals surface area (Å²) in [6.45, 7) is 0.00844. The molecule has 0 unspecified atom stereocenters. The Hall–Kier alpha value is -5.10. The second-order valence-corrected chi connectivity index (χ2v) is 10.4. The van der Waals surface area contributed by atoms with Gasteiger partial charge in [-0.3, -0.25) is 19.2 Å². The average molecular weight is 558 g/mol. The summed E-state index contributed by atoms with van der Waals surface area (Å²) in [6, 6.07) is 29.4. The number of benzene rings is 4. The quantitative estimate of drug-likeness (QED) is 0.169. The van der Waals surface area contributed by atoms with Gasteiger partial charge >= 0.3 is 5.97 Å². The van der Waals surface area contributed by atoms with Gasteiger partial charge in [-0.25, -0.2) is 0 Å². The zero-order valence-electron chi connectivity index (χ0n) is 23.1. The first kappa shape index (κ1) is 28.4. The Morgan fingerprint density at radius 3 is 1.95 bits per heavy atom. The van der Waals surface area contributed by atoms with Gasteiger partial charge in [0.15, 0.2) is 11.6 Å². The molecule has 0 bridgehead atoms. The molecule has 1 aliphatic rings. The summed E-state index contributed by atoms with van der Waals surface area (Å²) < 4.78 is 0. The van der Waals surface area contributed by atoms with E-state index in [1.807, 2.05) is 54.6 Å². The van der Waals surface area contributed by atoms with Crippen LogP contribution >= 0.6 is 0 Å². The number of ketones is 2. The van der Waals surface area contributed by atoms with Gasteiger partial charge in [-0.1, -0.05) is 84.9 Å². The number of fused-ring (bicyclic) bond motifs is 1. The fourth-order valence-electron chi connectivity index (χ4n) is 5.17. The van der Waals surface area contributed by atoms with Crippen LogP contribution < -0.4 is 5.32 Å². The number of Topliss-reactive ketones (excluding diaryl/α,β-unsaturated/α-hetero) is 1. The number of carboxylic acids is 1. The van der Waals surface area contributed by atoms with E-state index in [9.17, 15) is 19.2 Å². The number of carbonyl (C=O) groups is 4. The van der Waals surface area contributed by atoms with Gasteiger partial charge in [-0.05, 0) is 71.7 Å². The molecule has 4 aromatic rings. The minimum absolute atomic E-state index is 0.00844. The van der Waals surface area contributed by atoms with E-state index in [0.717, 1.165) is 36.8 Å². The highest BCUT2D eigenvalue weighted by Gasteiger charge is 2.20. The SMILES string of the molecule is O=C(O)CCNC(=O)c1ccc(C(=O)/C(=C\C(=O)c2ccc(-c3ccccc3)cc2)c2ccc3c(c2)CCCC3)cc1. The third-order valence-electron chi connectivity index (χ3n) is 7.49. The summed E-state index contributed by atoms with van der Waals surface area (Å²) in [6.07, 6.45) is 5.40. The van der Waals surface area contributed by atoms with E-state index >= 15 is 0 Å². The number of hydrogen-bond acceptors (Lipinski definition) is 4. The third-order valence-corrected chi connectivity index (χ3v) is 7.49. The first-order valence-corrected chi connectivity index (χ1v) is 14.1. The molecule has 0 fully saturated rings. The van der Waals surface area contributed by atoms with Crippen molar-refractivity contribution in [3.63, 3.8) is 0 Å². The maximum Gasteiger partial charge on any atom is 0.305 e. The third kappa shape index (κ3) is 6.78. The number of carboxylic acid groups (broad SMARTS) is 1. The Kier molecular flexibility index (Phi) is 8.83. The predicted octanol–water partition coefficient (Wildman–Crippen LogP) is 6.59. The van der Waals surface area contributed by atoms with E-state index in [2.05, 4.69) is 11.4 Å². The van der Waals surface area contributed by atoms with Crippen molar-refractivity contribution in [2.45, 2.75) is 32.1 Å². The van der Waals surface area contributed by atoms with Gasteiger partial charge in [-0.15, -0.1) is 0 Å². The second kappa shape index (κ2) is 13.0. The van der Waals surface area contributed by atoms with Crippen molar-refractivity contribution in [2.75, 3.05) is 6.54 Å². The summed E-state index contributed by atoms with van der Waals surface area (Å²) in [5, 5.41) is 11.3. The molecule has 1 amide bonds. The number of aryl methyl sites for hydroxylation is 2. The van der Waals surface area contributed by atoms with Gasteiger partial charge in [0.25, 0.3) is 5.91 Å². The van der Waals surface area contributed by atoms with Crippen LogP contribution in [0.2, 0.25) is 0 Å². The highest BCUT2D eigenvalue weighted by atomic mass is 16.4. The van der Waals surface area contributed by atoms with Crippen molar-refractivity contribution >= 4 is 29.0 Å². The van der Waals surface area contributed by atoms with Gasteiger partial charge in [0.05, 0.1) is 6.42 Å². The lowest BCUT2D eigenvalue weighted by Gasteiger charge is -2.17. The molecule has 1 aliphatic carbocycles. The number of nitrogens with one attached hydrogen (secondary N) is 1. The zero-order chi connectivity index (χ0) is 29.5. The molecule has 0 heterocycles. The van der Waals surface area contributed by atoms with Gasteiger partial charge in [0, 0.05) is 28.8 Å². The lowest BCUT2D eigenvalue weighted by atomic mass is 9.87. The van der Waals surface area contributed by atoms with Gasteiger partial charge < -0.3 is 10.4 Å². The molecule has 0 saturated carbocycles. The first-order chi connectivity index (χ1) is 20.4. The van der Waals surface area contributed by atoms with Crippen LogP contribution in [-0.4, -0.2) is 35.1 Å². The summed E-state index contributed by atoms with van der Waals surface area (Å²) in [5.74, 6) is -2.02. The molecule has 210 valence electrons. The molecule has 0 spiro atoms. The number of hydrogen-bond donors (Lipinski definition) is 2. The summed E-state index contributed by atoms with van der Waals surface area (Å²) in [7, 11) is 0. The van der Waals surface area contributed by atoms with E-state index in [4.69, 9.17) is 5.11 Å². The van der Waals surface area contributed by atoms with Crippen molar-refractivity contribution < 1.29 is 24.3 Å². The zero-order valence-corrected chi connectivity index (χ0v) is 23.1. The van der Waals surface area contributed by atoms with E-state index in [1.54, 1.807) is 24.3 Å². The average Bonchev–Trinajstić information content (AvgIpc) is 3.03. The highest BCUT2D eigenvalue weighted by Crippen LogP contribution is 2.28. The van der Waals surface area contributed by atoms with E-state index in [1.165, 1.54) is 29.3 Å². The van der Waals surface area contributed by atoms with Crippen molar-refractivity contribution in [1.82, 2.24) is 5.32 Å². The minimum atomic E-state index is -1.00. The summed E-state index contributed by atoms with van der Waals surface area (Å²) in [5.41, 5.74) is 6.63. The van der Waals surface area contributed by atoms with Crippen LogP contribution in [0.4, 0.5) is 0 Å². The fourth-order valence-corrected chi connectivity index (χ4v) is 5.17. The summed E-state index contributed by atoms with van der Waals surface area (Å²) in [4.78, 5) is 50.4. The second-order valence-electron chi connectivity index (χ2n) is 10.4. The largest absolute Gasteiger partial charge is 0.481 e. The van der Waals surface area contributed by atoms with E-state index in [0.29, 0.717) is 27.8 Å². The number of carbonyl (C=O) groups excluding carboxylic acids is 3. The molecule has 2 N–H and O–H groups in total. The lowest BCUT2D eigenvalue weighted by Crippen LogP contribution is -2.26. The van der Waals surface area contributed by atoms with Crippen molar-refractivity contribution in [1.29, 1.82) is 0 Å². The minimum Gasteiger partial charge on any atom is -0.481 e. The number of rotatable bonds is 10. The molecular weight excluding hydrogens is 526 g/mol. The smallest absolute Gasteiger partial charge is 0.305 e. The van der Waals surface area contributed by atoms with Crippen molar-refractivity contribution in [2.24, 2.45) is 0 Å². The molecular formula is C36H31NO5. The Morgan fingerprint density at radius 1 is 0.667 bits per heavy atom. The molecule has 0 atom stereocenters. The Labute approximate surface area is 244 Å². The number of aliphatic carboxylic acids is 1. The molecule has 0 aromatic heterocycles. The van der Waals surface area contributed by atoms with Gasteiger partial charge in [0.2, 0.25) is 0 Å². The molecule has 4 aromatic carbocycles. The molecule has 5 rings (SSSR count). The Morgan fingerprint density at radius 2 is 1.26 bits per heavy atom. The predicted molar refractivity (Wildman–Crippen MR) is 163 cm³/mol. The molecule has 6 nitrogen and oxygen atoms in total. The standard InChI is InChI=1S/C36H31NO5/c38-33(27-13-10-26(11-14-27)24-6-2-1-3-7-24)23-32(31-19-12-25-8-4-5-9-30(25)22-31)35(41)28-15-17-29(18-16-28)36(42)37-21-20-34(39)40/h1-3,6-7,10-19,22-23H,4-5,8-9,20-21H2,(H,37,42)(H,39,40)/b32-23-. The Bertz CT molecular complexity index is 1650. The van der Waals surface area contributed by atoms with Crippen molar-refractivity contribution in [3.05, 3.63) is 137 Å². The van der Waals surface area contributed by atoms with Crippen LogP contribution in [0.1, 0.15) is 67.0 Å². The summed E-state index contributed by atoms with van der Waals surface area (Å²) >= 11 is 0. The number of allylic oxidation sites excluding steroid dienone is 2. The van der Waals surface area contributed by atoms with Gasteiger partial charge in [-0.2, -0.15) is 0 Å². The van der Waals surface area contributed by atoms with Crippen LogP contribution in [-0.2, 0) is 17.6 Å². The van der Waals surface area contributed by atoms with Gasteiger partial charge in [0.1, 0.15) is 0 Å². The first-order valence-electron chi connectivity index (χ1n) is 14.1. The van der Waals surface area contributed by atoms with Crippen molar-refractivity contribution in [3.8, 4) is 11.1 Å². The topological polar surface area (TPSA) is 101 Å². The molecule has 0 aliphatic heterocycles.